The summed E-state index contributed by atoms with van der Waals surface area (Å²) in [6.45, 7) is 2.76. The van der Waals surface area contributed by atoms with Crippen molar-refractivity contribution in [2.75, 3.05) is 18.9 Å². The van der Waals surface area contributed by atoms with Crippen LogP contribution in [0.4, 0.5) is 0 Å². The Morgan fingerprint density at radius 3 is 2.61 bits per heavy atom. The van der Waals surface area contributed by atoms with Gasteiger partial charge >= 0.3 is 0 Å². The average Bonchev–Trinajstić information content (AvgIpc) is 3.16. The zero-order chi connectivity index (χ0) is 19.8. The van der Waals surface area contributed by atoms with Gasteiger partial charge in [0.1, 0.15) is 5.75 Å². The summed E-state index contributed by atoms with van der Waals surface area (Å²) < 4.78 is 7.46. The van der Waals surface area contributed by atoms with E-state index in [1.54, 1.807) is 0 Å². The first-order valence-electron chi connectivity index (χ1n) is 8.80. The topological polar surface area (TPSA) is 69.0 Å². The van der Waals surface area contributed by atoms with Crippen molar-refractivity contribution in [2.24, 2.45) is 0 Å². The molecule has 142 valence electrons. The Balaban J connectivity index is 1.93. The molecule has 6 nitrogen and oxygen atoms in total. The van der Waals surface area contributed by atoms with Gasteiger partial charge in [-0.1, -0.05) is 48.0 Å². The van der Waals surface area contributed by atoms with Crippen molar-refractivity contribution >= 4 is 17.7 Å². The van der Waals surface area contributed by atoms with Crippen LogP contribution in [0.15, 0.2) is 59.8 Å². The summed E-state index contributed by atoms with van der Waals surface area (Å²) >= 11 is 1.31. The lowest BCUT2D eigenvalue weighted by molar-refractivity contribution is -0.118. The van der Waals surface area contributed by atoms with E-state index in [9.17, 15) is 4.79 Å². The molecule has 7 heteroatoms. The normalized spacial score (nSPS) is 10.3. The maximum Gasteiger partial charge on any atom is 0.231 e. The highest BCUT2D eigenvalue weighted by molar-refractivity contribution is 7.99. The Labute approximate surface area is 168 Å². The highest BCUT2D eigenvalue weighted by Gasteiger charge is 2.17. The van der Waals surface area contributed by atoms with Crippen LogP contribution in [0.5, 0.6) is 5.75 Å². The van der Waals surface area contributed by atoms with Gasteiger partial charge < -0.3 is 10.1 Å². The molecular weight excluding hydrogens is 372 g/mol. The maximum absolute atomic E-state index is 11.9. The van der Waals surface area contributed by atoms with Crippen LogP contribution in [0.2, 0.25) is 0 Å². The van der Waals surface area contributed by atoms with Crippen LogP contribution >= 0.6 is 11.8 Å². The van der Waals surface area contributed by atoms with Crippen molar-refractivity contribution in [3.63, 3.8) is 0 Å². The van der Waals surface area contributed by atoms with Crippen LogP contribution in [0.1, 0.15) is 6.92 Å². The number of rotatable bonds is 8. The number of aromatic nitrogens is 3. The van der Waals surface area contributed by atoms with E-state index in [2.05, 4.69) is 21.4 Å². The van der Waals surface area contributed by atoms with Crippen molar-refractivity contribution < 1.29 is 9.53 Å². The third-order valence-electron chi connectivity index (χ3n) is 3.79. The first-order valence-corrected chi connectivity index (χ1v) is 9.78. The van der Waals surface area contributed by atoms with E-state index >= 15 is 0 Å². The third kappa shape index (κ3) is 4.72. The molecule has 1 heterocycles. The number of terminal acetylenes is 1. The van der Waals surface area contributed by atoms with Gasteiger partial charge in [0.15, 0.2) is 11.0 Å². The Bertz CT molecular complexity index is 962. The van der Waals surface area contributed by atoms with E-state index in [0.29, 0.717) is 17.6 Å². The zero-order valence-corrected chi connectivity index (χ0v) is 16.3. The molecule has 1 amide bonds. The molecule has 28 heavy (non-hydrogen) atoms. The van der Waals surface area contributed by atoms with Gasteiger partial charge in [-0.2, -0.15) is 0 Å². The third-order valence-corrected chi connectivity index (χ3v) is 4.72. The number of benzene rings is 2. The number of thioether (sulfide) groups is 1. The predicted molar refractivity (Wildman–Crippen MR) is 111 cm³/mol. The van der Waals surface area contributed by atoms with Crippen molar-refractivity contribution in [3.05, 3.63) is 54.6 Å². The number of hydrogen-bond donors (Lipinski definition) is 1. The van der Waals surface area contributed by atoms with Gasteiger partial charge in [0, 0.05) is 11.3 Å². The van der Waals surface area contributed by atoms with Crippen molar-refractivity contribution in [1.29, 1.82) is 0 Å². The molecule has 1 N–H and O–H groups in total. The molecule has 0 saturated carbocycles. The monoisotopic (exact) mass is 392 g/mol. The van der Waals surface area contributed by atoms with E-state index in [1.807, 2.05) is 66.1 Å². The number of carbonyl (C=O) groups is 1. The molecule has 0 saturated heterocycles. The van der Waals surface area contributed by atoms with E-state index in [-0.39, 0.29) is 18.2 Å². The lowest BCUT2D eigenvalue weighted by atomic mass is 10.2. The van der Waals surface area contributed by atoms with Crippen LogP contribution < -0.4 is 10.1 Å². The second-order valence-corrected chi connectivity index (χ2v) is 6.65. The smallest absolute Gasteiger partial charge is 0.231 e. The Kier molecular flexibility index (Phi) is 6.71. The van der Waals surface area contributed by atoms with Crippen LogP contribution in [0.25, 0.3) is 17.1 Å². The van der Waals surface area contributed by atoms with Crippen LogP contribution in [0, 0.1) is 12.3 Å². The summed E-state index contributed by atoms with van der Waals surface area (Å²) in [5, 5.41) is 11.9. The maximum atomic E-state index is 11.9. The molecule has 0 bridgehead atoms. The summed E-state index contributed by atoms with van der Waals surface area (Å²) in [5.74, 6) is 3.94. The van der Waals surface area contributed by atoms with Crippen molar-refractivity contribution in [1.82, 2.24) is 20.1 Å². The van der Waals surface area contributed by atoms with Crippen molar-refractivity contribution in [3.8, 4) is 35.2 Å². The molecule has 0 aliphatic heterocycles. The molecule has 0 unspecified atom stereocenters. The van der Waals surface area contributed by atoms with Gasteiger partial charge in [-0.15, -0.1) is 16.6 Å². The number of nitrogens with one attached hydrogen (secondary N) is 1. The van der Waals surface area contributed by atoms with Gasteiger partial charge in [0.2, 0.25) is 5.91 Å². The predicted octanol–water partition coefficient (Wildman–Crippen LogP) is 3.17. The number of carbonyl (C=O) groups excluding carboxylic acids is 1. The van der Waals surface area contributed by atoms with E-state index < -0.39 is 0 Å². The van der Waals surface area contributed by atoms with Gasteiger partial charge in [0.05, 0.1) is 18.9 Å². The van der Waals surface area contributed by atoms with E-state index in [1.165, 1.54) is 11.8 Å². The highest BCUT2D eigenvalue weighted by atomic mass is 32.2. The van der Waals surface area contributed by atoms with Crippen LogP contribution in [-0.2, 0) is 4.79 Å². The molecule has 0 aliphatic rings. The van der Waals surface area contributed by atoms with Gasteiger partial charge in [0.25, 0.3) is 0 Å². The van der Waals surface area contributed by atoms with Gasteiger partial charge in [-0.3, -0.25) is 9.36 Å². The largest absolute Gasteiger partial charge is 0.494 e. The fraction of sp³-hybridized carbons (Fsp3) is 0.190. The lowest BCUT2D eigenvalue weighted by Gasteiger charge is -2.11. The lowest BCUT2D eigenvalue weighted by Crippen LogP contribution is -2.25. The SMILES string of the molecule is C#CCNC(=O)CSc1nnc(-c2ccccc2)n1-c1ccc(OCC)cc1. The summed E-state index contributed by atoms with van der Waals surface area (Å²) in [5.41, 5.74) is 1.83. The second kappa shape index (κ2) is 9.62. The number of hydrogen-bond acceptors (Lipinski definition) is 5. The van der Waals surface area contributed by atoms with E-state index in [4.69, 9.17) is 11.2 Å². The zero-order valence-electron chi connectivity index (χ0n) is 15.5. The van der Waals surface area contributed by atoms with E-state index in [0.717, 1.165) is 17.0 Å². The minimum Gasteiger partial charge on any atom is -0.494 e. The summed E-state index contributed by atoms with van der Waals surface area (Å²) in [7, 11) is 0. The average molecular weight is 392 g/mol. The Morgan fingerprint density at radius 1 is 1.18 bits per heavy atom. The summed E-state index contributed by atoms with van der Waals surface area (Å²) in [6, 6.07) is 17.5. The molecule has 3 rings (SSSR count). The Morgan fingerprint density at radius 2 is 1.93 bits per heavy atom. The Hall–Kier alpha value is -3.24. The molecule has 0 aliphatic carbocycles. The first kappa shape index (κ1) is 19.5. The number of ether oxygens (including phenoxy) is 1. The molecule has 2 aromatic carbocycles. The highest BCUT2D eigenvalue weighted by Crippen LogP contribution is 2.28. The standard InChI is InChI=1S/C21H20N4O2S/c1-3-14-22-19(26)15-28-21-24-23-20(16-8-6-5-7-9-16)25(21)17-10-12-18(13-11-17)27-4-2/h1,5-13H,4,14-15H2,2H3,(H,22,26). The second-order valence-electron chi connectivity index (χ2n) is 5.70. The minimum absolute atomic E-state index is 0.148. The molecule has 0 fully saturated rings. The summed E-state index contributed by atoms with van der Waals surface area (Å²) in [4.78, 5) is 11.9. The van der Waals surface area contributed by atoms with Crippen LogP contribution in [0.3, 0.4) is 0 Å². The fourth-order valence-corrected chi connectivity index (χ4v) is 3.34. The van der Waals surface area contributed by atoms with Gasteiger partial charge in [-0.25, -0.2) is 0 Å². The molecule has 3 aromatic rings. The first-order chi connectivity index (χ1) is 13.7. The fourth-order valence-electron chi connectivity index (χ4n) is 2.56. The number of amides is 1. The molecular formula is C21H20N4O2S. The molecule has 0 atom stereocenters. The quantitative estimate of drug-likeness (QED) is 0.471. The minimum atomic E-state index is -0.148. The molecule has 0 radical (unpaired) electrons. The van der Waals surface area contributed by atoms with Crippen molar-refractivity contribution in [2.45, 2.75) is 12.1 Å². The van der Waals surface area contributed by atoms with Gasteiger partial charge in [-0.05, 0) is 31.2 Å². The molecule has 1 aromatic heterocycles. The number of nitrogens with zero attached hydrogens (tertiary/aromatic N) is 3. The summed E-state index contributed by atoms with van der Waals surface area (Å²) in [6.07, 6.45) is 5.18. The van der Waals surface area contributed by atoms with Crippen LogP contribution in [-0.4, -0.2) is 39.6 Å². The molecule has 0 spiro atoms.